The molecule has 3 nitrogen and oxygen atoms in total. The second kappa shape index (κ2) is 5.50. The van der Waals surface area contributed by atoms with Gasteiger partial charge in [-0.25, -0.2) is 0 Å². The molecule has 0 heterocycles. The summed E-state index contributed by atoms with van der Waals surface area (Å²) >= 11 is 0. The number of rotatable bonds is 4. The number of benzene rings is 1. The number of nitrogens with one attached hydrogen (secondary N) is 1. The number of nitriles is 1. The minimum Gasteiger partial charge on any atom is -0.392 e. The SMILES string of the molecule is C[C@H](O)CN[C@@H](C)c1ccc(C#N)cc1. The summed E-state index contributed by atoms with van der Waals surface area (Å²) in [5.41, 5.74) is 1.79. The van der Waals surface area contributed by atoms with E-state index in [-0.39, 0.29) is 12.1 Å². The Balaban J connectivity index is 2.58. The molecule has 0 amide bonds. The summed E-state index contributed by atoms with van der Waals surface area (Å²) in [5, 5.41) is 21.0. The van der Waals surface area contributed by atoms with Gasteiger partial charge >= 0.3 is 0 Å². The molecule has 0 spiro atoms. The minimum absolute atomic E-state index is 0.187. The van der Waals surface area contributed by atoms with Gasteiger partial charge in [0.1, 0.15) is 0 Å². The zero-order valence-corrected chi connectivity index (χ0v) is 9.07. The summed E-state index contributed by atoms with van der Waals surface area (Å²) in [4.78, 5) is 0. The molecule has 0 radical (unpaired) electrons. The molecular formula is C12H16N2O. The van der Waals surface area contributed by atoms with Crippen LogP contribution in [0.3, 0.4) is 0 Å². The van der Waals surface area contributed by atoms with E-state index in [0.717, 1.165) is 5.56 Å². The number of aliphatic hydroxyl groups is 1. The van der Waals surface area contributed by atoms with Crippen molar-refractivity contribution >= 4 is 0 Å². The predicted molar refractivity (Wildman–Crippen MR) is 59.3 cm³/mol. The Bertz CT molecular complexity index is 338. The van der Waals surface area contributed by atoms with E-state index in [2.05, 4.69) is 11.4 Å². The van der Waals surface area contributed by atoms with E-state index in [9.17, 15) is 0 Å². The Kier molecular flexibility index (Phi) is 4.29. The van der Waals surface area contributed by atoms with Crippen molar-refractivity contribution in [3.8, 4) is 6.07 Å². The van der Waals surface area contributed by atoms with E-state index in [1.165, 1.54) is 0 Å². The lowest BCUT2D eigenvalue weighted by molar-refractivity contribution is 0.187. The fourth-order valence-electron chi connectivity index (χ4n) is 1.31. The van der Waals surface area contributed by atoms with Crippen molar-refractivity contribution in [1.82, 2.24) is 5.32 Å². The Hall–Kier alpha value is -1.37. The fourth-order valence-corrected chi connectivity index (χ4v) is 1.31. The Labute approximate surface area is 90.4 Å². The average molecular weight is 204 g/mol. The van der Waals surface area contributed by atoms with Crippen molar-refractivity contribution in [2.75, 3.05) is 6.54 Å². The maximum Gasteiger partial charge on any atom is 0.0991 e. The standard InChI is InChI=1S/C12H16N2O/c1-9(15)8-14-10(2)12-5-3-11(7-13)4-6-12/h3-6,9-10,14-15H,8H2,1-2H3/t9-,10-/m0/s1. The van der Waals surface area contributed by atoms with Gasteiger partial charge in [0.15, 0.2) is 0 Å². The third-order valence-corrected chi connectivity index (χ3v) is 2.26. The van der Waals surface area contributed by atoms with E-state index >= 15 is 0 Å². The second-order valence-corrected chi connectivity index (χ2v) is 3.71. The van der Waals surface area contributed by atoms with Gasteiger partial charge in [-0.2, -0.15) is 5.26 Å². The first-order valence-electron chi connectivity index (χ1n) is 5.05. The van der Waals surface area contributed by atoms with Crippen molar-refractivity contribution < 1.29 is 5.11 Å². The summed E-state index contributed by atoms with van der Waals surface area (Å²) in [6.45, 7) is 4.35. The molecule has 15 heavy (non-hydrogen) atoms. The number of hydrogen-bond acceptors (Lipinski definition) is 3. The molecular weight excluding hydrogens is 188 g/mol. The molecule has 80 valence electrons. The Morgan fingerprint density at radius 3 is 2.40 bits per heavy atom. The maximum atomic E-state index is 9.12. The average Bonchev–Trinajstić information content (AvgIpc) is 2.26. The third-order valence-electron chi connectivity index (χ3n) is 2.26. The topological polar surface area (TPSA) is 56.0 Å². The van der Waals surface area contributed by atoms with Crippen LogP contribution in [0.15, 0.2) is 24.3 Å². The summed E-state index contributed by atoms with van der Waals surface area (Å²) in [5.74, 6) is 0. The monoisotopic (exact) mass is 204 g/mol. The van der Waals surface area contributed by atoms with Crippen LogP contribution in [0.25, 0.3) is 0 Å². The smallest absolute Gasteiger partial charge is 0.0991 e. The molecule has 1 aromatic rings. The normalized spacial score (nSPS) is 14.3. The Morgan fingerprint density at radius 1 is 1.33 bits per heavy atom. The highest BCUT2D eigenvalue weighted by molar-refractivity contribution is 5.32. The van der Waals surface area contributed by atoms with Crippen LogP contribution in [0.4, 0.5) is 0 Å². The summed E-state index contributed by atoms with van der Waals surface area (Å²) in [6, 6.07) is 9.73. The molecule has 0 aliphatic heterocycles. The molecule has 3 heteroatoms. The van der Waals surface area contributed by atoms with Crippen LogP contribution in [0.5, 0.6) is 0 Å². The van der Waals surface area contributed by atoms with Crippen molar-refractivity contribution in [2.45, 2.75) is 26.0 Å². The maximum absolute atomic E-state index is 9.12. The molecule has 0 fully saturated rings. The van der Waals surface area contributed by atoms with E-state index in [1.54, 1.807) is 19.1 Å². The lowest BCUT2D eigenvalue weighted by Crippen LogP contribution is -2.27. The molecule has 0 bridgehead atoms. The molecule has 1 rings (SSSR count). The number of hydrogen-bond donors (Lipinski definition) is 2. The van der Waals surface area contributed by atoms with Gasteiger partial charge < -0.3 is 10.4 Å². The van der Waals surface area contributed by atoms with Crippen molar-refractivity contribution in [3.05, 3.63) is 35.4 Å². The summed E-state index contributed by atoms with van der Waals surface area (Å²) in [7, 11) is 0. The number of nitrogens with zero attached hydrogens (tertiary/aromatic N) is 1. The van der Waals surface area contributed by atoms with Crippen LogP contribution < -0.4 is 5.32 Å². The fraction of sp³-hybridized carbons (Fsp3) is 0.417. The summed E-state index contributed by atoms with van der Waals surface area (Å²) < 4.78 is 0. The highest BCUT2D eigenvalue weighted by atomic mass is 16.3. The van der Waals surface area contributed by atoms with Crippen LogP contribution in [0, 0.1) is 11.3 Å². The molecule has 2 atom stereocenters. The lowest BCUT2D eigenvalue weighted by atomic mass is 10.1. The Morgan fingerprint density at radius 2 is 1.93 bits per heavy atom. The first-order chi connectivity index (χ1) is 7.13. The van der Waals surface area contributed by atoms with Gasteiger partial charge in [-0.15, -0.1) is 0 Å². The second-order valence-electron chi connectivity index (χ2n) is 3.71. The van der Waals surface area contributed by atoms with E-state index < -0.39 is 0 Å². The molecule has 0 aliphatic carbocycles. The predicted octanol–water partition coefficient (Wildman–Crippen LogP) is 1.59. The van der Waals surface area contributed by atoms with Gasteiger partial charge in [0, 0.05) is 12.6 Å². The quantitative estimate of drug-likeness (QED) is 0.783. The lowest BCUT2D eigenvalue weighted by Gasteiger charge is -2.15. The minimum atomic E-state index is -0.342. The van der Waals surface area contributed by atoms with Gasteiger partial charge in [0.2, 0.25) is 0 Å². The van der Waals surface area contributed by atoms with Gasteiger partial charge in [-0.3, -0.25) is 0 Å². The van der Waals surface area contributed by atoms with Gasteiger partial charge in [-0.1, -0.05) is 12.1 Å². The van der Waals surface area contributed by atoms with Crippen LogP contribution >= 0.6 is 0 Å². The molecule has 0 aliphatic rings. The van der Waals surface area contributed by atoms with Crippen LogP contribution in [-0.4, -0.2) is 17.8 Å². The summed E-state index contributed by atoms with van der Waals surface area (Å²) in [6.07, 6.45) is -0.342. The highest BCUT2D eigenvalue weighted by Gasteiger charge is 2.05. The largest absolute Gasteiger partial charge is 0.392 e. The van der Waals surface area contributed by atoms with E-state index in [0.29, 0.717) is 12.1 Å². The van der Waals surface area contributed by atoms with Gasteiger partial charge in [-0.05, 0) is 31.5 Å². The molecule has 0 aromatic heterocycles. The first kappa shape index (κ1) is 11.7. The van der Waals surface area contributed by atoms with Crippen LogP contribution in [-0.2, 0) is 0 Å². The molecule has 2 N–H and O–H groups in total. The van der Waals surface area contributed by atoms with E-state index in [1.807, 2.05) is 19.1 Å². The number of aliphatic hydroxyl groups excluding tert-OH is 1. The van der Waals surface area contributed by atoms with Crippen LogP contribution in [0.2, 0.25) is 0 Å². The van der Waals surface area contributed by atoms with Crippen molar-refractivity contribution in [2.24, 2.45) is 0 Å². The molecule has 0 saturated carbocycles. The van der Waals surface area contributed by atoms with Crippen molar-refractivity contribution in [1.29, 1.82) is 5.26 Å². The van der Waals surface area contributed by atoms with Crippen LogP contribution in [0.1, 0.15) is 31.0 Å². The highest BCUT2D eigenvalue weighted by Crippen LogP contribution is 2.12. The third kappa shape index (κ3) is 3.70. The molecule has 0 unspecified atom stereocenters. The van der Waals surface area contributed by atoms with Crippen molar-refractivity contribution in [3.63, 3.8) is 0 Å². The van der Waals surface area contributed by atoms with Gasteiger partial charge in [0.25, 0.3) is 0 Å². The van der Waals surface area contributed by atoms with E-state index in [4.69, 9.17) is 10.4 Å². The zero-order valence-electron chi connectivity index (χ0n) is 9.07. The molecule has 0 saturated heterocycles. The zero-order chi connectivity index (χ0) is 11.3. The first-order valence-corrected chi connectivity index (χ1v) is 5.05. The van der Waals surface area contributed by atoms with Gasteiger partial charge in [0.05, 0.1) is 17.7 Å². The molecule has 1 aromatic carbocycles.